The molecule has 0 amide bonds. The second kappa shape index (κ2) is 4.16. The Morgan fingerprint density at radius 3 is 2.53 bits per heavy atom. The van der Waals surface area contributed by atoms with E-state index in [9.17, 15) is 17.9 Å². The first-order chi connectivity index (χ1) is 6.86. The van der Waals surface area contributed by atoms with E-state index in [2.05, 4.69) is 0 Å². The van der Waals surface area contributed by atoms with Gasteiger partial charge in [0.2, 0.25) is 0 Å². The molecule has 15 heavy (non-hydrogen) atoms. The third-order valence-electron chi connectivity index (χ3n) is 1.95. The van der Waals surface area contributed by atoms with Gasteiger partial charge in [0.15, 0.2) is 9.84 Å². The van der Waals surface area contributed by atoms with Crippen LogP contribution in [0.4, 0.5) is 4.39 Å². The van der Waals surface area contributed by atoms with E-state index >= 15 is 0 Å². The van der Waals surface area contributed by atoms with E-state index in [0.29, 0.717) is 12.0 Å². The maximum atomic E-state index is 13.3. The Morgan fingerprint density at radius 1 is 1.47 bits per heavy atom. The molecule has 1 aromatic carbocycles. The molecule has 0 saturated heterocycles. The predicted molar refractivity (Wildman–Crippen MR) is 53.9 cm³/mol. The molecule has 0 aromatic heterocycles. The van der Waals surface area contributed by atoms with Crippen molar-refractivity contribution in [3.8, 4) is 5.75 Å². The molecule has 0 aliphatic rings. The summed E-state index contributed by atoms with van der Waals surface area (Å²) in [5.74, 6) is -1.11. The highest BCUT2D eigenvalue weighted by atomic mass is 32.2. The van der Waals surface area contributed by atoms with Gasteiger partial charge >= 0.3 is 0 Å². The van der Waals surface area contributed by atoms with E-state index in [0.717, 1.165) is 18.4 Å². The summed E-state index contributed by atoms with van der Waals surface area (Å²) in [6, 6.07) is 1.91. The second-order valence-electron chi connectivity index (χ2n) is 3.22. The molecule has 0 bridgehead atoms. The van der Waals surface area contributed by atoms with Crippen molar-refractivity contribution in [1.29, 1.82) is 0 Å². The van der Waals surface area contributed by atoms with Crippen molar-refractivity contribution in [2.45, 2.75) is 11.3 Å². The molecule has 0 aliphatic carbocycles. The van der Waals surface area contributed by atoms with Crippen molar-refractivity contribution in [2.75, 3.05) is 12.8 Å². The molecule has 1 aromatic rings. The molecule has 0 atom stereocenters. The minimum Gasteiger partial charge on any atom is -0.508 e. The highest BCUT2D eigenvalue weighted by molar-refractivity contribution is 7.90. The van der Waals surface area contributed by atoms with Crippen molar-refractivity contribution in [1.82, 2.24) is 0 Å². The summed E-state index contributed by atoms with van der Waals surface area (Å²) in [5.41, 5.74) is 5.56. The third-order valence-corrected chi connectivity index (χ3v) is 3.06. The minimum absolute atomic E-state index is 0.248. The van der Waals surface area contributed by atoms with Gasteiger partial charge in [-0.25, -0.2) is 12.8 Å². The normalized spacial score (nSPS) is 11.7. The minimum atomic E-state index is -3.65. The van der Waals surface area contributed by atoms with Crippen molar-refractivity contribution in [2.24, 2.45) is 5.73 Å². The molecule has 84 valence electrons. The fourth-order valence-corrected chi connectivity index (χ4v) is 1.96. The van der Waals surface area contributed by atoms with Gasteiger partial charge in [-0.3, -0.25) is 0 Å². The Labute approximate surface area is 87.5 Å². The zero-order valence-electron chi connectivity index (χ0n) is 8.20. The van der Waals surface area contributed by atoms with Gasteiger partial charge in [0.05, 0.1) is 0 Å². The molecule has 0 heterocycles. The average Bonchev–Trinajstić information content (AvgIpc) is 2.09. The molecule has 0 unspecified atom stereocenters. The van der Waals surface area contributed by atoms with Crippen LogP contribution in [0.25, 0.3) is 0 Å². The number of nitrogens with two attached hydrogens (primary N) is 1. The van der Waals surface area contributed by atoms with E-state index < -0.39 is 20.5 Å². The van der Waals surface area contributed by atoms with E-state index in [1.165, 1.54) is 0 Å². The second-order valence-corrected chi connectivity index (χ2v) is 5.21. The van der Waals surface area contributed by atoms with Crippen LogP contribution >= 0.6 is 0 Å². The van der Waals surface area contributed by atoms with Gasteiger partial charge in [0, 0.05) is 12.3 Å². The number of rotatable bonds is 3. The number of halogens is 1. The molecule has 0 spiro atoms. The van der Waals surface area contributed by atoms with Crippen LogP contribution in [0.5, 0.6) is 5.75 Å². The largest absolute Gasteiger partial charge is 0.508 e. The van der Waals surface area contributed by atoms with Crippen LogP contribution in [-0.2, 0) is 16.3 Å². The lowest BCUT2D eigenvalue weighted by Gasteiger charge is -2.06. The number of sulfone groups is 1. The summed E-state index contributed by atoms with van der Waals surface area (Å²) in [7, 11) is -3.65. The number of phenolic OH excluding ortho intramolecular Hbond substituents is 1. The van der Waals surface area contributed by atoms with Crippen LogP contribution < -0.4 is 5.73 Å². The molecule has 1 rings (SSSR count). The predicted octanol–water partition coefficient (Wildman–Crippen LogP) is 0.436. The molecule has 0 radical (unpaired) electrons. The number of benzene rings is 1. The lowest BCUT2D eigenvalue weighted by atomic mass is 10.1. The van der Waals surface area contributed by atoms with Gasteiger partial charge in [-0.05, 0) is 24.6 Å². The Morgan fingerprint density at radius 2 is 2.07 bits per heavy atom. The number of phenols is 1. The molecule has 0 saturated carbocycles. The van der Waals surface area contributed by atoms with Gasteiger partial charge in [-0.1, -0.05) is 0 Å². The number of hydrogen-bond donors (Lipinski definition) is 2. The highest BCUT2D eigenvalue weighted by Crippen LogP contribution is 2.25. The van der Waals surface area contributed by atoms with Gasteiger partial charge in [0.25, 0.3) is 0 Å². The number of hydrogen-bond acceptors (Lipinski definition) is 4. The zero-order valence-corrected chi connectivity index (χ0v) is 9.01. The van der Waals surface area contributed by atoms with Gasteiger partial charge in [-0.2, -0.15) is 0 Å². The lowest BCUT2D eigenvalue weighted by Crippen LogP contribution is -2.06. The van der Waals surface area contributed by atoms with Crippen molar-refractivity contribution >= 4 is 9.84 Å². The summed E-state index contributed by atoms with van der Waals surface area (Å²) >= 11 is 0. The maximum Gasteiger partial charge on any atom is 0.178 e. The van der Waals surface area contributed by atoms with Crippen molar-refractivity contribution in [3.63, 3.8) is 0 Å². The summed E-state index contributed by atoms with van der Waals surface area (Å²) in [6.07, 6.45) is 1.18. The van der Waals surface area contributed by atoms with Crippen LogP contribution in [0.1, 0.15) is 5.56 Å². The Kier molecular flexibility index (Phi) is 3.31. The van der Waals surface area contributed by atoms with Crippen LogP contribution in [0.2, 0.25) is 0 Å². The molecule has 6 heteroatoms. The van der Waals surface area contributed by atoms with Crippen molar-refractivity contribution < 1.29 is 17.9 Å². The molecule has 3 N–H and O–H groups in total. The summed E-state index contributed by atoms with van der Waals surface area (Å²) in [5, 5.41) is 9.42. The maximum absolute atomic E-state index is 13.3. The fourth-order valence-electron chi connectivity index (χ4n) is 1.22. The van der Waals surface area contributed by atoms with E-state index in [-0.39, 0.29) is 12.3 Å². The third kappa shape index (κ3) is 2.66. The van der Waals surface area contributed by atoms with Crippen molar-refractivity contribution in [3.05, 3.63) is 23.5 Å². The van der Waals surface area contributed by atoms with E-state index in [4.69, 9.17) is 5.73 Å². The molecule has 0 fully saturated rings. The van der Waals surface area contributed by atoms with E-state index in [1.54, 1.807) is 0 Å². The fraction of sp³-hybridized carbons (Fsp3) is 0.333. The highest BCUT2D eigenvalue weighted by Gasteiger charge is 2.16. The SMILES string of the molecule is CS(=O)(=O)c1cc(O)c(CCN)cc1F. The Bertz CT molecular complexity index is 470. The zero-order chi connectivity index (χ0) is 11.6. The smallest absolute Gasteiger partial charge is 0.178 e. The summed E-state index contributed by atoms with van der Waals surface area (Å²) < 4.78 is 35.5. The Hall–Kier alpha value is -1.14. The van der Waals surface area contributed by atoms with Gasteiger partial charge in [0.1, 0.15) is 16.5 Å². The van der Waals surface area contributed by atoms with Crippen LogP contribution in [0.3, 0.4) is 0 Å². The van der Waals surface area contributed by atoms with Crippen LogP contribution in [-0.4, -0.2) is 26.3 Å². The lowest BCUT2D eigenvalue weighted by molar-refractivity contribution is 0.460. The van der Waals surface area contributed by atoms with Crippen LogP contribution in [0, 0.1) is 5.82 Å². The topological polar surface area (TPSA) is 80.4 Å². The first-order valence-electron chi connectivity index (χ1n) is 4.27. The average molecular weight is 233 g/mol. The standard InChI is InChI=1S/C9H12FNO3S/c1-15(13,14)9-5-8(12)6(2-3-11)4-7(9)10/h4-5,12H,2-3,11H2,1H3. The monoisotopic (exact) mass is 233 g/mol. The molecular weight excluding hydrogens is 221 g/mol. The number of aromatic hydroxyl groups is 1. The first kappa shape index (κ1) is 11.9. The quantitative estimate of drug-likeness (QED) is 0.793. The summed E-state index contributed by atoms with van der Waals surface area (Å²) in [4.78, 5) is -0.499. The van der Waals surface area contributed by atoms with Crippen LogP contribution in [0.15, 0.2) is 17.0 Å². The van der Waals surface area contributed by atoms with E-state index in [1.807, 2.05) is 0 Å². The molecule has 0 aliphatic heterocycles. The molecular formula is C9H12FNO3S. The molecule has 4 nitrogen and oxygen atoms in total. The van der Waals surface area contributed by atoms with Gasteiger partial charge < -0.3 is 10.8 Å². The Balaban J connectivity index is 3.32. The van der Waals surface area contributed by atoms with Gasteiger partial charge in [-0.15, -0.1) is 0 Å². The first-order valence-corrected chi connectivity index (χ1v) is 6.17. The summed E-state index contributed by atoms with van der Waals surface area (Å²) in [6.45, 7) is 0.255.